The molecule has 0 radical (unpaired) electrons. The van der Waals surface area contributed by atoms with Gasteiger partial charge in [-0.15, -0.1) is 0 Å². The van der Waals surface area contributed by atoms with Crippen molar-refractivity contribution in [3.05, 3.63) is 190 Å². The fourth-order valence-corrected chi connectivity index (χ4v) is 24.6. The van der Waals surface area contributed by atoms with E-state index in [0.717, 1.165) is 297 Å². The molecule has 1 aliphatic carbocycles. The van der Waals surface area contributed by atoms with E-state index in [1.165, 1.54) is 107 Å². The molecule has 0 bridgehead atoms. The third kappa shape index (κ3) is 19.4. The molecule has 12 aliphatic heterocycles. The lowest BCUT2D eigenvalue weighted by molar-refractivity contribution is -0.133. The van der Waals surface area contributed by atoms with Gasteiger partial charge < -0.3 is 53.2 Å². The summed E-state index contributed by atoms with van der Waals surface area (Å²) in [5.74, 6) is 5.12. The fraction of sp³-hybridized carbons (Fsp3) is 0.528. The summed E-state index contributed by atoms with van der Waals surface area (Å²) >= 11 is 0. The molecular formula is C108H136N24O9S. The standard InChI is InChI=1S/C28H34N6O2.C28H36N6O2.C27H34N6O2.C25H32N6O3S/c1-31-17-22(16-29-31)20-6-7-25-21(15-20)3-2-11-33(25)27-24-18-32(28(35)19-4-5-19)12-8-26(24)34(30-27)23-9-13-36-14-10-23;1-3-5-27(35)32-13-9-26-24(19-32)28(30-34(26)23-10-14-36-15-11-23)33-12-4-6-21-16-20(7-8-25(21)33)22-17-29-31(2)18-22;1-3-26(34)31-12-8-25-23(18-31)27(29-33(25)22-9-13-35-14-10-22)32-11-4-5-20-15-19(6-7-24(20)32)21-16-28-30(2)17-21;1-28-16-20(15-26-28)18-5-6-23-19(14-18)4-3-10-30(23)25-22-17-29(35(2,32)33)11-7-24(22)31(27-25)21-8-12-34-13-9-21/h6-7,15-17,19,23H,2-5,8-14,18H2,1H3;7-8,16-18,23H,3-6,9-15,19H2,1-2H3;6-7,15-17,22H,3-5,8-14,18H2,1-2H3;5-6,14-16,21H,3-4,7-13,17H2,1-2H3. The average Bonchev–Trinajstić information content (AvgIpc) is 1.61. The van der Waals surface area contributed by atoms with Crippen LogP contribution in [-0.2, 0) is 149 Å². The summed E-state index contributed by atoms with van der Waals surface area (Å²) in [7, 11) is 4.52. The number of ether oxygens (including phenoxy) is 4. The number of hydrogen-bond acceptors (Lipinski definition) is 21. The van der Waals surface area contributed by atoms with Crippen LogP contribution in [0.5, 0.6) is 0 Å². The molecule has 4 aromatic carbocycles. The second-order valence-corrected chi connectivity index (χ2v) is 43.0. The van der Waals surface area contributed by atoms with E-state index in [2.05, 4.69) is 162 Å². The average molecular weight is 1950 g/mol. The number of aryl methyl sites for hydroxylation is 8. The molecule has 142 heavy (non-hydrogen) atoms. The smallest absolute Gasteiger partial charge is 0.225 e. The van der Waals surface area contributed by atoms with Crippen LogP contribution in [-0.4, -0.2) is 235 Å². The summed E-state index contributed by atoms with van der Waals surface area (Å²) in [4.78, 5) is 54.1. The highest BCUT2D eigenvalue weighted by Gasteiger charge is 2.43. The Hall–Kier alpha value is -12.1. The molecule has 33 nitrogen and oxygen atoms in total. The molecule has 12 aromatic rings. The largest absolute Gasteiger partial charge is 0.381 e. The van der Waals surface area contributed by atoms with Gasteiger partial charge in [-0.2, -0.15) is 45.1 Å². The highest BCUT2D eigenvalue weighted by Crippen LogP contribution is 2.49. The van der Waals surface area contributed by atoms with Crippen LogP contribution >= 0.6 is 0 Å². The molecule has 4 saturated heterocycles. The summed E-state index contributed by atoms with van der Waals surface area (Å²) in [5, 5.41) is 38.4. The van der Waals surface area contributed by atoms with Crippen molar-refractivity contribution in [2.75, 3.05) is 131 Å². The Kier molecular flexibility index (Phi) is 27.4. The number of rotatable bonds is 17. The number of benzene rings is 4. The van der Waals surface area contributed by atoms with Crippen LogP contribution in [0.1, 0.15) is 214 Å². The van der Waals surface area contributed by atoms with Gasteiger partial charge in [-0.05, 0) is 215 Å². The van der Waals surface area contributed by atoms with E-state index >= 15 is 0 Å². The zero-order valence-corrected chi connectivity index (χ0v) is 84.4. The van der Waals surface area contributed by atoms with E-state index in [4.69, 9.17) is 39.3 Å². The van der Waals surface area contributed by atoms with E-state index in [1.54, 1.807) is 4.31 Å². The van der Waals surface area contributed by atoms with Crippen molar-refractivity contribution in [2.45, 2.75) is 225 Å². The van der Waals surface area contributed by atoms with Crippen molar-refractivity contribution in [1.82, 2.24) is 97.2 Å². The SMILES string of the molecule is CCC(=O)N1CCc2c(c(N3CCCc4cc(-c5cnn(C)c5)ccc43)nn2C2CCOCC2)C1.CCCC(=O)N1CCc2c(c(N3CCCc4cc(-c5cnn(C)c5)ccc43)nn2C2CCOCC2)C1.Cn1cc(-c2ccc3c(c2)CCCN3c2nn(C3CCOCC3)c3c2CN(C(=O)C2CC2)CC3)cn1.Cn1cc(-c2ccc3c(c2)CCCN3c2nn(C3CCOCC3)c3c2CN(S(C)(=O)=O)CC3)cn1. The van der Waals surface area contributed by atoms with Gasteiger partial charge in [-0.1, -0.05) is 38.1 Å². The summed E-state index contributed by atoms with van der Waals surface area (Å²) in [6.07, 6.45) is 41.0. The quantitative estimate of drug-likeness (QED) is 0.0818. The first-order valence-electron chi connectivity index (χ1n) is 52.4. The third-order valence-corrected chi connectivity index (χ3v) is 32.8. The van der Waals surface area contributed by atoms with Gasteiger partial charge in [-0.3, -0.25) is 51.8 Å². The lowest BCUT2D eigenvalue weighted by Crippen LogP contribution is -2.38. The predicted molar refractivity (Wildman–Crippen MR) is 545 cm³/mol. The first kappa shape index (κ1) is 94.8. The van der Waals surface area contributed by atoms with Crippen molar-refractivity contribution in [1.29, 1.82) is 0 Å². The molecule has 0 spiro atoms. The topological polar surface area (TPSA) is 291 Å². The minimum absolute atomic E-state index is 0.223. The molecule has 0 N–H and O–H groups in total. The molecule has 13 aliphatic rings. The molecule has 1 saturated carbocycles. The van der Waals surface area contributed by atoms with Crippen LogP contribution < -0.4 is 19.6 Å². The van der Waals surface area contributed by atoms with Gasteiger partial charge in [0.05, 0.1) is 74.8 Å². The van der Waals surface area contributed by atoms with Crippen molar-refractivity contribution in [3.63, 3.8) is 0 Å². The molecule has 25 rings (SSSR count). The molecule has 8 aromatic heterocycles. The number of anilines is 8. The number of fused-ring (bicyclic) bond motifs is 8. The maximum absolute atomic E-state index is 13.0. The maximum Gasteiger partial charge on any atom is 0.225 e. The lowest BCUT2D eigenvalue weighted by Gasteiger charge is -2.33. The van der Waals surface area contributed by atoms with Crippen LogP contribution in [0.4, 0.5) is 46.0 Å². The van der Waals surface area contributed by atoms with E-state index in [1.807, 2.05) is 94.6 Å². The highest BCUT2D eigenvalue weighted by molar-refractivity contribution is 7.88. The van der Waals surface area contributed by atoms with Gasteiger partial charge in [0.1, 0.15) is 0 Å². The first-order valence-corrected chi connectivity index (χ1v) is 54.2. The van der Waals surface area contributed by atoms with Gasteiger partial charge in [0, 0.05) is 299 Å². The van der Waals surface area contributed by atoms with Crippen molar-refractivity contribution >= 4 is 73.8 Å². The molecule has 34 heteroatoms. The van der Waals surface area contributed by atoms with Gasteiger partial charge in [-0.25, -0.2) is 8.42 Å². The Balaban J connectivity index is 0.000000108. The number of hydrogen-bond donors (Lipinski definition) is 0. The van der Waals surface area contributed by atoms with E-state index in [9.17, 15) is 22.8 Å². The maximum atomic E-state index is 13.0. The molecule has 0 unspecified atom stereocenters. The number of carbonyl (C=O) groups excluding carboxylic acids is 3. The van der Waals surface area contributed by atoms with E-state index < -0.39 is 10.0 Å². The number of nitrogens with zero attached hydrogens (tertiary/aromatic N) is 24. The second-order valence-electron chi connectivity index (χ2n) is 41.0. The number of amides is 3. The van der Waals surface area contributed by atoms with E-state index in [0.29, 0.717) is 82.1 Å². The van der Waals surface area contributed by atoms with Gasteiger partial charge >= 0.3 is 0 Å². The van der Waals surface area contributed by atoms with Crippen LogP contribution in [0.3, 0.4) is 0 Å². The Morgan fingerprint density at radius 2 is 0.634 bits per heavy atom. The van der Waals surface area contributed by atoms with Crippen LogP contribution in [0, 0.1) is 5.92 Å². The molecule has 0 atom stereocenters. The number of sulfonamides is 1. The Morgan fingerprint density at radius 3 is 0.915 bits per heavy atom. The van der Waals surface area contributed by atoms with Crippen LogP contribution in [0.2, 0.25) is 0 Å². The minimum Gasteiger partial charge on any atom is -0.381 e. The van der Waals surface area contributed by atoms with E-state index in [-0.39, 0.29) is 17.7 Å². The molecule has 3 amide bonds. The summed E-state index contributed by atoms with van der Waals surface area (Å²) < 4.78 is 65.5. The van der Waals surface area contributed by atoms with Gasteiger partial charge in [0.2, 0.25) is 27.7 Å². The normalized spacial score (nSPS) is 19.2. The number of aromatic nitrogens is 16. The van der Waals surface area contributed by atoms with Gasteiger partial charge in [0.15, 0.2) is 23.3 Å². The highest BCUT2D eigenvalue weighted by atomic mass is 32.2. The zero-order valence-electron chi connectivity index (χ0n) is 83.6. The van der Waals surface area contributed by atoms with Gasteiger partial charge in [0.25, 0.3) is 0 Å². The summed E-state index contributed by atoms with van der Waals surface area (Å²) in [6.45, 7) is 19.2. The molecule has 20 heterocycles. The Labute approximate surface area is 832 Å². The minimum atomic E-state index is -3.28. The third-order valence-electron chi connectivity index (χ3n) is 31.5. The Morgan fingerprint density at radius 1 is 0.345 bits per heavy atom. The number of carbonyl (C=O) groups is 3. The molecule has 5 fully saturated rings. The first-order chi connectivity index (χ1) is 69.3. The Bertz CT molecular complexity index is 6740. The molecular weight excluding hydrogens is 1810 g/mol. The molecule has 748 valence electrons. The predicted octanol–water partition coefficient (Wildman–Crippen LogP) is 15.5. The van der Waals surface area contributed by atoms with Crippen molar-refractivity contribution in [3.8, 4) is 44.5 Å². The lowest BCUT2D eigenvalue weighted by atomic mass is 9.96. The summed E-state index contributed by atoms with van der Waals surface area (Å²) in [6, 6.07) is 28.3. The summed E-state index contributed by atoms with van der Waals surface area (Å²) in [5.41, 5.74) is 29.5. The van der Waals surface area contributed by atoms with Crippen molar-refractivity contribution < 1.29 is 41.7 Å². The van der Waals surface area contributed by atoms with Crippen molar-refractivity contribution in [2.24, 2.45) is 34.1 Å². The zero-order chi connectivity index (χ0) is 97.0. The fourth-order valence-electron chi connectivity index (χ4n) is 23.8. The van der Waals surface area contributed by atoms with Crippen LogP contribution in [0.25, 0.3) is 44.5 Å². The second kappa shape index (κ2) is 41.0. The van der Waals surface area contributed by atoms with Crippen LogP contribution in [0.15, 0.2) is 122 Å². The monoisotopic (exact) mass is 1950 g/mol.